The summed E-state index contributed by atoms with van der Waals surface area (Å²) in [7, 11) is 0. The fourth-order valence-electron chi connectivity index (χ4n) is 4.46. The molecule has 39 heavy (non-hydrogen) atoms. The van der Waals surface area contributed by atoms with Crippen LogP contribution in [0.2, 0.25) is 0 Å². The van der Waals surface area contributed by atoms with E-state index in [9.17, 15) is 9.90 Å². The molecular weight excluding hydrogens is 512 g/mol. The molecule has 6 aromatic heterocycles. The fourth-order valence-corrected chi connectivity index (χ4v) is 5.36. The quantitative estimate of drug-likeness (QED) is 0.143. The summed E-state index contributed by atoms with van der Waals surface area (Å²) in [4.78, 5) is 35.3. The van der Waals surface area contributed by atoms with Crippen molar-refractivity contribution in [1.29, 1.82) is 0 Å². The molecule has 1 unspecified atom stereocenters. The van der Waals surface area contributed by atoms with E-state index in [0.717, 1.165) is 21.5 Å². The second-order valence-electron chi connectivity index (χ2n) is 9.78. The number of fused-ring (bicyclic) bond motifs is 2. The lowest BCUT2D eigenvalue weighted by molar-refractivity contribution is 0.102. The van der Waals surface area contributed by atoms with E-state index < -0.39 is 6.23 Å². The number of imidazole rings is 1. The smallest absolute Gasteiger partial charge is 0.169 e. The summed E-state index contributed by atoms with van der Waals surface area (Å²) in [5.41, 5.74) is 6.46. The number of hydrogen-bond donors (Lipinski definition) is 4. The molecule has 0 radical (unpaired) electrons. The van der Waals surface area contributed by atoms with Crippen LogP contribution in [-0.2, 0) is 0 Å². The average molecular weight is 539 g/mol. The molecule has 0 aliphatic rings. The third kappa shape index (κ3) is 4.89. The molecule has 4 N–H and O–H groups in total. The molecule has 10 nitrogen and oxygen atoms in total. The van der Waals surface area contributed by atoms with Gasteiger partial charge in [-0.2, -0.15) is 5.10 Å². The second kappa shape index (κ2) is 10.0. The third-order valence-electron chi connectivity index (χ3n) is 6.28. The number of anilines is 1. The number of aromatic amines is 2. The minimum absolute atomic E-state index is 0.0225. The van der Waals surface area contributed by atoms with Crippen LogP contribution in [0, 0.1) is 5.92 Å². The van der Waals surface area contributed by atoms with Gasteiger partial charge in [0.05, 0.1) is 38.4 Å². The lowest BCUT2D eigenvalue weighted by atomic mass is 10.1. The SMILES string of the molecule is CC(=O)c1ccc(-c2nccc3[nH]c(-c4n[nH]c5ccc(-c6cncc(NC(O)CC(C)C)c6)nc45)nc23)s1. The van der Waals surface area contributed by atoms with E-state index >= 15 is 0 Å². The van der Waals surface area contributed by atoms with Crippen molar-refractivity contribution >= 4 is 44.9 Å². The number of carbonyl (C=O) groups is 1. The number of nitrogens with one attached hydrogen (secondary N) is 3. The number of carbonyl (C=O) groups excluding carboxylic acids is 1. The van der Waals surface area contributed by atoms with Crippen molar-refractivity contribution in [3.05, 3.63) is 59.9 Å². The zero-order valence-corrected chi connectivity index (χ0v) is 22.4. The van der Waals surface area contributed by atoms with Crippen LogP contribution < -0.4 is 5.32 Å². The highest BCUT2D eigenvalue weighted by Gasteiger charge is 2.19. The van der Waals surface area contributed by atoms with Gasteiger partial charge in [-0.15, -0.1) is 11.3 Å². The van der Waals surface area contributed by atoms with E-state index in [-0.39, 0.29) is 5.78 Å². The summed E-state index contributed by atoms with van der Waals surface area (Å²) in [5, 5.41) is 20.9. The van der Waals surface area contributed by atoms with Gasteiger partial charge in [0, 0.05) is 18.0 Å². The second-order valence-corrected chi connectivity index (χ2v) is 10.9. The highest BCUT2D eigenvalue weighted by molar-refractivity contribution is 7.17. The number of pyridine rings is 3. The van der Waals surface area contributed by atoms with E-state index in [0.29, 0.717) is 56.8 Å². The Hall–Kier alpha value is -4.48. The Labute approximate surface area is 227 Å². The molecule has 1 atom stereocenters. The summed E-state index contributed by atoms with van der Waals surface area (Å²) >= 11 is 1.40. The molecule has 0 bridgehead atoms. The van der Waals surface area contributed by atoms with Gasteiger partial charge in [0.1, 0.15) is 23.0 Å². The van der Waals surface area contributed by atoms with Crippen LogP contribution in [0.4, 0.5) is 5.69 Å². The molecule has 0 aliphatic carbocycles. The first-order valence-electron chi connectivity index (χ1n) is 12.6. The summed E-state index contributed by atoms with van der Waals surface area (Å²) in [6.45, 7) is 5.68. The van der Waals surface area contributed by atoms with Crippen molar-refractivity contribution in [2.24, 2.45) is 5.92 Å². The standard InChI is InChI=1S/C28H26N8O2S/c1-14(2)10-23(38)31-17-11-16(12-29-13-17)18-4-5-20-25(32-18)27(36-35-20)28-33-19-8-9-30-26(24(19)34-28)22-7-6-21(39-22)15(3)37/h4-9,11-14,23,31,38H,10H2,1-3H3,(H,33,34)(H,35,36). The van der Waals surface area contributed by atoms with Crippen LogP contribution in [0.3, 0.4) is 0 Å². The minimum Gasteiger partial charge on any atom is -0.374 e. The van der Waals surface area contributed by atoms with E-state index in [1.807, 2.05) is 36.4 Å². The van der Waals surface area contributed by atoms with Gasteiger partial charge in [-0.25, -0.2) is 9.97 Å². The first-order valence-corrected chi connectivity index (χ1v) is 13.4. The number of thiophene rings is 1. The predicted octanol–water partition coefficient (Wildman–Crippen LogP) is 5.67. The van der Waals surface area contributed by atoms with Gasteiger partial charge < -0.3 is 15.4 Å². The lowest BCUT2D eigenvalue weighted by Crippen LogP contribution is -2.20. The van der Waals surface area contributed by atoms with Gasteiger partial charge in [0.15, 0.2) is 17.3 Å². The summed E-state index contributed by atoms with van der Waals surface area (Å²) < 4.78 is 0. The number of aromatic nitrogens is 7. The van der Waals surface area contributed by atoms with Gasteiger partial charge in [-0.3, -0.25) is 19.9 Å². The molecule has 0 fully saturated rings. The monoisotopic (exact) mass is 538 g/mol. The molecular formula is C28H26N8O2S. The van der Waals surface area contributed by atoms with Crippen molar-refractivity contribution in [3.8, 4) is 33.3 Å². The van der Waals surface area contributed by atoms with E-state index in [1.165, 1.54) is 11.3 Å². The summed E-state index contributed by atoms with van der Waals surface area (Å²) in [6.07, 6.45) is 5.11. The minimum atomic E-state index is -0.659. The predicted molar refractivity (Wildman–Crippen MR) is 152 cm³/mol. The van der Waals surface area contributed by atoms with Gasteiger partial charge >= 0.3 is 0 Å². The number of aliphatic hydroxyl groups is 1. The number of H-pyrrole nitrogens is 2. The van der Waals surface area contributed by atoms with E-state index in [1.54, 1.807) is 25.5 Å². The van der Waals surface area contributed by atoms with Gasteiger partial charge in [-0.1, -0.05) is 13.8 Å². The number of hydrogen-bond acceptors (Lipinski definition) is 9. The highest BCUT2D eigenvalue weighted by atomic mass is 32.1. The van der Waals surface area contributed by atoms with Crippen molar-refractivity contribution in [2.75, 3.05) is 5.32 Å². The average Bonchev–Trinajstić information content (AvgIpc) is 3.65. The number of aliphatic hydroxyl groups excluding tert-OH is 1. The Balaban J connectivity index is 1.37. The van der Waals surface area contributed by atoms with Gasteiger partial charge in [0.2, 0.25) is 0 Å². The zero-order valence-electron chi connectivity index (χ0n) is 21.6. The van der Waals surface area contributed by atoms with Crippen molar-refractivity contribution in [1.82, 2.24) is 35.1 Å². The van der Waals surface area contributed by atoms with E-state index in [2.05, 4.69) is 44.3 Å². The number of ketones is 1. The van der Waals surface area contributed by atoms with Crippen molar-refractivity contribution in [3.63, 3.8) is 0 Å². The Bertz CT molecular complexity index is 1820. The molecule has 11 heteroatoms. The van der Waals surface area contributed by atoms with Crippen LogP contribution in [0.5, 0.6) is 0 Å². The van der Waals surface area contributed by atoms with E-state index in [4.69, 9.17) is 9.97 Å². The van der Waals surface area contributed by atoms with Gasteiger partial charge in [-0.05, 0) is 55.7 Å². The fraction of sp³-hybridized carbons (Fsp3) is 0.214. The van der Waals surface area contributed by atoms with Crippen LogP contribution >= 0.6 is 11.3 Å². The maximum Gasteiger partial charge on any atom is 0.169 e. The van der Waals surface area contributed by atoms with Crippen LogP contribution in [-0.4, -0.2) is 52.2 Å². The Morgan fingerprint density at radius 3 is 2.69 bits per heavy atom. The first-order chi connectivity index (χ1) is 18.9. The van der Waals surface area contributed by atoms with Crippen molar-refractivity contribution in [2.45, 2.75) is 33.4 Å². The number of nitrogens with zero attached hydrogens (tertiary/aromatic N) is 5. The van der Waals surface area contributed by atoms with Crippen LogP contribution in [0.25, 0.3) is 55.4 Å². The molecule has 0 saturated carbocycles. The topological polar surface area (TPSA) is 145 Å². The molecule has 196 valence electrons. The largest absolute Gasteiger partial charge is 0.374 e. The molecule has 6 heterocycles. The molecule has 0 saturated heterocycles. The van der Waals surface area contributed by atoms with Crippen LogP contribution in [0.1, 0.15) is 36.9 Å². The molecule has 6 rings (SSSR count). The maximum atomic E-state index is 11.8. The number of Topliss-reactive ketones (excluding diaryl/α,β-unsaturated/α-hetero) is 1. The highest BCUT2D eigenvalue weighted by Crippen LogP contribution is 2.34. The summed E-state index contributed by atoms with van der Waals surface area (Å²) in [5.74, 6) is 0.943. The van der Waals surface area contributed by atoms with Crippen LogP contribution in [0.15, 0.2) is 55.0 Å². The van der Waals surface area contributed by atoms with Gasteiger partial charge in [0.25, 0.3) is 0 Å². The molecule has 0 amide bonds. The Morgan fingerprint density at radius 2 is 1.90 bits per heavy atom. The zero-order chi connectivity index (χ0) is 27.1. The third-order valence-corrected chi connectivity index (χ3v) is 7.47. The molecule has 0 aromatic carbocycles. The Kier molecular flexibility index (Phi) is 6.37. The normalized spacial score (nSPS) is 12.4. The van der Waals surface area contributed by atoms with Crippen molar-refractivity contribution < 1.29 is 9.90 Å². The lowest BCUT2D eigenvalue weighted by Gasteiger charge is -2.16. The Morgan fingerprint density at radius 1 is 1.05 bits per heavy atom. The molecule has 0 spiro atoms. The maximum absolute atomic E-state index is 11.8. The molecule has 0 aliphatic heterocycles. The number of rotatable bonds is 8. The molecule has 6 aromatic rings. The summed E-state index contributed by atoms with van der Waals surface area (Å²) in [6, 6.07) is 11.3. The first kappa shape index (κ1) is 24.8.